The zero-order valence-corrected chi connectivity index (χ0v) is 13.7. The maximum Gasteiger partial charge on any atom is 0.234 e. The van der Waals surface area contributed by atoms with Gasteiger partial charge in [0.2, 0.25) is 5.91 Å². The Kier molecular flexibility index (Phi) is 4.93. The summed E-state index contributed by atoms with van der Waals surface area (Å²) in [6, 6.07) is 8.29. The molecular weight excluding hydrogens is 292 g/mol. The molecule has 1 aromatic carbocycles. The topological polar surface area (TPSA) is 68.2 Å². The number of amides is 1. The summed E-state index contributed by atoms with van der Waals surface area (Å²) >= 11 is 0. The largest absolute Gasteiger partial charge is 0.381 e. The van der Waals surface area contributed by atoms with Crippen molar-refractivity contribution in [2.24, 2.45) is 7.05 Å². The van der Waals surface area contributed by atoms with Crippen molar-refractivity contribution in [3.8, 4) is 0 Å². The molecule has 1 aliphatic heterocycles. The van der Waals surface area contributed by atoms with Crippen molar-refractivity contribution in [1.82, 2.24) is 20.2 Å². The summed E-state index contributed by atoms with van der Waals surface area (Å²) in [6.07, 6.45) is 1.79. The molecule has 2 aromatic rings. The average Bonchev–Trinajstić information content (AvgIpc) is 2.91. The van der Waals surface area contributed by atoms with Gasteiger partial charge in [-0.2, -0.15) is 0 Å². The number of hydrogen-bond acceptors (Lipinski definition) is 4. The van der Waals surface area contributed by atoms with E-state index in [9.17, 15) is 4.79 Å². The van der Waals surface area contributed by atoms with Gasteiger partial charge in [-0.15, -0.1) is 0 Å². The molecule has 3 rings (SSSR count). The van der Waals surface area contributed by atoms with Gasteiger partial charge in [0, 0.05) is 26.3 Å². The van der Waals surface area contributed by atoms with Crippen LogP contribution in [0.2, 0.25) is 0 Å². The molecule has 1 amide bonds. The standard InChI is InChI=1S/C17H24N4O2/c1-12(17-20-14-5-3-4-6-15(14)21(17)2)18-11-16(22)19-13-7-9-23-10-8-13/h3-6,12-13,18H,7-11H2,1-2H3,(H,19,22). The number of rotatable bonds is 5. The number of imidazole rings is 1. The average molecular weight is 316 g/mol. The second kappa shape index (κ2) is 7.10. The molecule has 2 N–H and O–H groups in total. The van der Waals surface area contributed by atoms with Crippen LogP contribution in [-0.4, -0.2) is 41.3 Å². The lowest BCUT2D eigenvalue weighted by atomic mass is 10.1. The molecule has 6 nitrogen and oxygen atoms in total. The zero-order valence-electron chi connectivity index (χ0n) is 13.7. The highest BCUT2D eigenvalue weighted by atomic mass is 16.5. The first kappa shape index (κ1) is 16.0. The van der Waals surface area contributed by atoms with E-state index >= 15 is 0 Å². The Morgan fingerprint density at radius 1 is 1.39 bits per heavy atom. The minimum atomic E-state index is 0.00726. The molecule has 0 spiro atoms. The van der Waals surface area contributed by atoms with E-state index in [0.29, 0.717) is 6.54 Å². The molecule has 0 saturated carbocycles. The Labute approximate surface area is 136 Å². The normalized spacial score (nSPS) is 17.3. The van der Waals surface area contributed by atoms with Crippen LogP contribution in [0.3, 0.4) is 0 Å². The van der Waals surface area contributed by atoms with E-state index in [0.717, 1.165) is 42.9 Å². The van der Waals surface area contributed by atoms with Crippen LogP contribution in [0.4, 0.5) is 0 Å². The molecule has 2 heterocycles. The number of carbonyl (C=O) groups is 1. The Morgan fingerprint density at radius 2 is 2.13 bits per heavy atom. The monoisotopic (exact) mass is 316 g/mol. The molecule has 1 aromatic heterocycles. The van der Waals surface area contributed by atoms with Crippen LogP contribution in [0.15, 0.2) is 24.3 Å². The van der Waals surface area contributed by atoms with Crippen LogP contribution < -0.4 is 10.6 Å². The molecule has 6 heteroatoms. The predicted octanol–water partition coefficient (Wildman–Crippen LogP) is 1.52. The quantitative estimate of drug-likeness (QED) is 0.877. The van der Waals surface area contributed by atoms with Gasteiger partial charge >= 0.3 is 0 Å². The highest BCUT2D eigenvalue weighted by Crippen LogP contribution is 2.18. The molecule has 23 heavy (non-hydrogen) atoms. The number of para-hydroxylation sites is 2. The van der Waals surface area contributed by atoms with Gasteiger partial charge in [-0.25, -0.2) is 4.98 Å². The highest BCUT2D eigenvalue weighted by molar-refractivity contribution is 5.78. The summed E-state index contributed by atoms with van der Waals surface area (Å²) in [5.74, 6) is 0.965. The number of nitrogens with zero attached hydrogens (tertiary/aromatic N) is 2. The van der Waals surface area contributed by atoms with E-state index in [4.69, 9.17) is 4.74 Å². The molecule has 0 aliphatic carbocycles. The van der Waals surface area contributed by atoms with Gasteiger partial charge in [-0.1, -0.05) is 12.1 Å². The third-order valence-corrected chi connectivity index (χ3v) is 4.36. The van der Waals surface area contributed by atoms with Crippen molar-refractivity contribution in [2.75, 3.05) is 19.8 Å². The van der Waals surface area contributed by atoms with Crippen molar-refractivity contribution < 1.29 is 9.53 Å². The van der Waals surface area contributed by atoms with Gasteiger partial charge in [0.15, 0.2) is 0 Å². The lowest BCUT2D eigenvalue weighted by molar-refractivity contribution is -0.121. The van der Waals surface area contributed by atoms with Crippen LogP contribution >= 0.6 is 0 Å². The van der Waals surface area contributed by atoms with E-state index < -0.39 is 0 Å². The van der Waals surface area contributed by atoms with E-state index in [1.54, 1.807) is 0 Å². The van der Waals surface area contributed by atoms with Gasteiger partial charge in [0.25, 0.3) is 0 Å². The molecule has 1 saturated heterocycles. The third-order valence-electron chi connectivity index (χ3n) is 4.36. The Bertz CT molecular complexity index is 676. The van der Waals surface area contributed by atoms with Gasteiger partial charge in [-0.05, 0) is 31.9 Å². The maximum absolute atomic E-state index is 12.1. The van der Waals surface area contributed by atoms with Crippen molar-refractivity contribution in [3.63, 3.8) is 0 Å². The first-order valence-corrected chi connectivity index (χ1v) is 8.17. The van der Waals surface area contributed by atoms with Crippen LogP contribution in [0.25, 0.3) is 11.0 Å². The summed E-state index contributed by atoms with van der Waals surface area (Å²) < 4.78 is 7.37. The summed E-state index contributed by atoms with van der Waals surface area (Å²) in [6.45, 7) is 3.79. The van der Waals surface area contributed by atoms with Crippen LogP contribution in [-0.2, 0) is 16.6 Å². The first-order valence-electron chi connectivity index (χ1n) is 8.17. The second-order valence-corrected chi connectivity index (χ2v) is 6.07. The lowest BCUT2D eigenvalue weighted by Crippen LogP contribution is -2.43. The Hall–Kier alpha value is -1.92. The number of fused-ring (bicyclic) bond motifs is 1. The minimum Gasteiger partial charge on any atom is -0.381 e. The number of aromatic nitrogens is 2. The molecule has 1 fully saturated rings. The Morgan fingerprint density at radius 3 is 2.87 bits per heavy atom. The molecule has 1 aliphatic rings. The van der Waals surface area contributed by atoms with E-state index in [1.807, 2.05) is 32.2 Å². The summed E-state index contributed by atoms with van der Waals surface area (Å²) in [7, 11) is 2.00. The summed E-state index contributed by atoms with van der Waals surface area (Å²) in [5.41, 5.74) is 2.08. The summed E-state index contributed by atoms with van der Waals surface area (Å²) in [5, 5.41) is 6.32. The van der Waals surface area contributed by atoms with Crippen LogP contribution in [0.5, 0.6) is 0 Å². The predicted molar refractivity (Wildman–Crippen MR) is 89.1 cm³/mol. The smallest absolute Gasteiger partial charge is 0.234 e. The van der Waals surface area contributed by atoms with E-state index in [2.05, 4.69) is 26.3 Å². The van der Waals surface area contributed by atoms with Crippen LogP contribution in [0.1, 0.15) is 31.6 Å². The van der Waals surface area contributed by atoms with Gasteiger partial charge < -0.3 is 14.6 Å². The fourth-order valence-electron chi connectivity index (χ4n) is 3.01. The van der Waals surface area contributed by atoms with Crippen molar-refractivity contribution in [3.05, 3.63) is 30.1 Å². The second-order valence-electron chi connectivity index (χ2n) is 6.07. The molecule has 0 radical (unpaired) electrons. The lowest BCUT2D eigenvalue weighted by Gasteiger charge is -2.23. The molecular formula is C17H24N4O2. The van der Waals surface area contributed by atoms with Crippen molar-refractivity contribution >= 4 is 16.9 Å². The molecule has 124 valence electrons. The zero-order chi connectivity index (χ0) is 16.2. The van der Waals surface area contributed by atoms with Crippen LogP contribution in [0, 0.1) is 0 Å². The maximum atomic E-state index is 12.1. The third kappa shape index (κ3) is 3.71. The number of carbonyl (C=O) groups excluding carboxylic acids is 1. The number of ether oxygens (including phenoxy) is 1. The van der Waals surface area contributed by atoms with Crippen molar-refractivity contribution in [2.45, 2.75) is 31.8 Å². The molecule has 1 unspecified atom stereocenters. The highest BCUT2D eigenvalue weighted by Gasteiger charge is 2.18. The Balaban J connectivity index is 1.56. The van der Waals surface area contributed by atoms with E-state index in [-0.39, 0.29) is 18.0 Å². The molecule has 1 atom stereocenters. The van der Waals surface area contributed by atoms with Gasteiger partial charge in [0.05, 0.1) is 23.6 Å². The number of hydrogen-bond donors (Lipinski definition) is 2. The first-order chi connectivity index (χ1) is 11.1. The summed E-state index contributed by atoms with van der Waals surface area (Å²) in [4.78, 5) is 16.7. The van der Waals surface area contributed by atoms with Gasteiger partial charge in [0.1, 0.15) is 5.82 Å². The van der Waals surface area contributed by atoms with E-state index in [1.165, 1.54) is 0 Å². The fraction of sp³-hybridized carbons (Fsp3) is 0.529. The number of benzene rings is 1. The minimum absolute atomic E-state index is 0.00726. The number of nitrogens with one attached hydrogen (secondary N) is 2. The molecule has 0 bridgehead atoms. The SMILES string of the molecule is CC(NCC(=O)NC1CCOCC1)c1nc2ccccc2n1C. The fourth-order valence-corrected chi connectivity index (χ4v) is 3.01. The van der Waals surface area contributed by atoms with Gasteiger partial charge in [-0.3, -0.25) is 10.1 Å². The van der Waals surface area contributed by atoms with Crippen molar-refractivity contribution in [1.29, 1.82) is 0 Å². The number of aryl methyl sites for hydroxylation is 1.